The van der Waals surface area contributed by atoms with Crippen molar-refractivity contribution in [3.05, 3.63) is 60.2 Å². The molecule has 0 bridgehead atoms. The molecule has 1 aliphatic heterocycles. The van der Waals surface area contributed by atoms with E-state index in [1.807, 2.05) is 66.4 Å². The Kier molecular flexibility index (Phi) is 5.72. The van der Waals surface area contributed by atoms with Gasteiger partial charge in [-0.15, -0.1) is 0 Å². The highest BCUT2D eigenvalue weighted by Gasteiger charge is 2.45. The van der Waals surface area contributed by atoms with Crippen LogP contribution in [-0.2, 0) is 9.59 Å². The molecule has 29 heavy (non-hydrogen) atoms. The van der Waals surface area contributed by atoms with E-state index >= 15 is 0 Å². The third-order valence-electron chi connectivity index (χ3n) is 5.45. The Morgan fingerprint density at radius 2 is 1.86 bits per heavy atom. The number of hydrogen-bond donors (Lipinski definition) is 1. The molecule has 1 saturated carbocycles. The number of hydrogen-bond acceptors (Lipinski definition) is 4. The van der Waals surface area contributed by atoms with Crippen molar-refractivity contribution < 1.29 is 9.59 Å². The number of amides is 2. The number of carbonyl (C=O) groups is 2. The molecule has 6 heteroatoms. The summed E-state index contributed by atoms with van der Waals surface area (Å²) >= 11 is 1.40. The lowest BCUT2D eigenvalue weighted by Gasteiger charge is -2.24. The summed E-state index contributed by atoms with van der Waals surface area (Å²) in [5.74, 6) is 0.370. The minimum Gasteiger partial charge on any atom is -0.326 e. The lowest BCUT2D eigenvalue weighted by molar-refractivity contribution is -0.129. The maximum absolute atomic E-state index is 13.2. The molecule has 1 N–H and O–H groups in total. The molecule has 2 amide bonds. The van der Waals surface area contributed by atoms with Gasteiger partial charge in [-0.3, -0.25) is 14.5 Å². The predicted molar refractivity (Wildman–Crippen MR) is 118 cm³/mol. The second-order valence-electron chi connectivity index (χ2n) is 7.69. The Morgan fingerprint density at radius 1 is 1.17 bits per heavy atom. The van der Waals surface area contributed by atoms with Crippen LogP contribution >= 0.6 is 11.8 Å². The van der Waals surface area contributed by atoms with Crippen molar-refractivity contribution in [1.82, 2.24) is 4.90 Å². The molecule has 1 aliphatic carbocycles. The summed E-state index contributed by atoms with van der Waals surface area (Å²) in [7, 11) is 0. The molecule has 0 aromatic heterocycles. The fourth-order valence-corrected chi connectivity index (χ4v) is 4.78. The third-order valence-corrected chi connectivity index (χ3v) is 6.60. The number of aryl methyl sites for hydroxylation is 1. The lowest BCUT2D eigenvalue weighted by atomic mass is 10.1. The van der Waals surface area contributed by atoms with Crippen molar-refractivity contribution in [3.63, 3.8) is 0 Å². The van der Waals surface area contributed by atoms with Gasteiger partial charge >= 0.3 is 0 Å². The van der Waals surface area contributed by atoms with Gasteiger partial charge in [-0.25, -0.2) is 4.99 Å². The van der Waals surface area contributed by atoms with E-state index in [4.69, 9.17) is 4.99 Å². The van der Waals surface area contributed by atoms with Crippen molar-refractivity contribution in [2.45, 2.75) is 44.4 Å². The van der Waals surface area contributed by atoms with Crippen LogP contribution in [0.4, 0.5) is 11.4 Å². The molecule has 1 heterocycles. The molecule has 2 atom stereocenters. The maximum Gasteiger partial charge on any atom is 0.242 e. The van der Waals surface area contributed by atoms with E-state index in [1.165, 1.54) is 11.8 Å². The average Bonchev–Trinajstić information content (AvgIpc) is 3.51. The zero-order valence-corrected chi connectivity index (χ0v) is 17.5. The van der Waals surface area contributed by atoms with E-state index < -0.39 is 5.25 Å². The summed E-state index contributed by atoms with van der Waals surface area (Å²) in [5, 5.41) is 3.20. The number of para-hydroxylation sites is 2. The van der Waals surface area contributed by atoms with Gasteiger partial charge in [0.2, 0.25) is 11.8 Å². The fourth-order valence-electron chi connectivity index (χ4n) is 3.55. The van der Waals surface area contributed by atoms with Crippen molar-refractivity contribution in [2.24, 2.45) is 10.9 Å². The van der Waals surface area contributed by atoms with Crippen LogP contribution in [0.1, 0.15) is 31.7 Å². The van der Waals surface area contributed by atoms with Crippen LogP contribution < -0.4 is 5.32 Å². The third kappa shape index (κ3) is 4.53. The molecule has 2 aliphatic rings. The summed E-state index contributed by atoms with van der Waals surface area (Å²) in [6.45, 7) is 4.04. The van der Waals surface area contributed by atoms with Crippen LogP contribution in [0.15, 0.2) is 59.6 Å². The summed E-state index contributed by atoms with van der Waals surface area (Å²) in [4.78, 5) is 32.3. The van der Waals surface area contributed by atoms with Gasteiger partial charge in [0.1, 0.15) is 5.25 Å². The Hall–Kier alpha value is -2.60. The highest BCUT2D eigenvalue weighted by atomic mass is 32.2. The zero-order chi connectivity index (χ0) is 20.4. The minimum atomic E-state index is -0.442. The highest BCUT2D eigenvalue weighted by molar-refractivity contribution is 8.15. The first-order chi connectivity index (χ1) is 14.0. The number of anilines is 1. The molecule has 0 radical (unpaired) electrons. The first-order valence-corrected chi connectivity index (χ1v) is 10.9. The molecule has 0 spiro atoms. The zero-order valence-electron chi connectivity index (χ0n) is 16.7. The SMILES string of the molecule is Cc1ccccc1NC(=O)C[C@H]1SC(=Nc2ccccc2)N([C@H](C)C2CC2)C1=O. The van der Waals surface area contributed by atoms with Crippen LogP contribution in [0.2, 0.25) is 0 Å². The minimum absolute atomic E-state index is 0.0102. The number of nitrogens with one attached hydrogen (secondary N) is 1. The van der Waals surface area contributed by atoms with Gasteiger partial charge in [0, 0.05) is 18.2 Å². The van der Waals surface area contributed by atoms with Crippen molar-refractivity contribution in [2.75, 3.05) is 5.32 Å². The van der Waals surface area contributed by atoms with Gasteiger partial charge in [-0.2, -0.15) is 0 Å². The number of rotatable bonds is 6. The molecular formula is C23H25N3O2S. The molecular weight excluding hydrogens is 382 g/mol. The van der Waals surface area contributed by atoms with E-state index in [0.29, 0.717) is 11.1 Å². The molecule has 2 aromatic carbocycles. The van der Waals surface area contributed by atoms with E-state index in [0.717, 1.165) is 29.8 Å². The summed E-state index contributed by atoms with van der Waals surface area (Å²) in [6, 6.07) is 17.4. The van der Waals surface area contributed by atoms with E-state index in [9.17, 15) is 9.59 Å². The first kappa shape index (κ1) is 19.7. The molecule has 4 rings (SSSR count). The smallest absolute Gasteiger partial charge is 0.242 e. The normalized spacial score (nSPS) is 21.4. The number of amidine groups is 1. The first-order valence-electron chi connectivity index (χ1n) is 10.0. The summed E-state index contributed by atoms with van der Waals surface area (Å²) in [6.07, 6.45) is 2.43. The van der Waals surface area contributed by atoms with Crippen molar-refractivity contribution >= 4 is 40.1 Å². The molecule has 1 saturated heterocycles. The lowest BCUT2D eigenvalue weighted by Crippen LogP contribution is -2.41. The summed E-state index contributed by atoms with van der Waals surface area (Å²) in [5.41, 5.74) is 2.61. The molecule has 0 unspecified atom stereocenters. The number of thioether (sulfide) groups is 1. The Morgan fingerprint density at radius 3 is 2.55 bits per heavy atom. The molecule has 2 aromatic rings. The molecule has 150 valence electrons. The second-order valence-corrected chi connectivity index (χ2v) is 8.86. The summed E-state index contributed by atoms with van der Waals surface area (Å²) < 4.78 is 0. The van der Waals surface area contributed by atoms with Crippen LogP contribution in [0.3, 0.4) is 0 Å². The van der Waals surface area contributed by atoms with Gasteiger partial charge in [-0.1, -0.05) is 48.2 Å². The van der Waals surface area contributed by atoms with Crippen LogP contribution in [0, 0.1) is 12.8 Å². The second kappa shape index (κ2) is 8.41. The quantitative estimate of drug-likeness (QED) is 0.751. The number of nitrogens with zero attached hydrogens (tertiary/aromatic N) is 2. The van der Waals surface area contributed by atoms with Crippen molar-refractivity contribution in [3.8, 4) is 0 Å². The van der Waals surface area contributed by atoms with E-state index in [-0.39, 0.29) is 24.3 Å². The Balaban J connectivity index is 1.52. The number of carbonyl (C=O) groups excluding carboxylic acids is 2. The van der Waals surface area contributed by atoms with Gasteiger partial charge in [0.05, 0.1) is 5.69 Å². The fraction of sp³-hybridized carbons (Fsp3) is 0.348. The monoisotopic (exact) mass is 407 g/mol. The van der Waals surface area contributed by atoms with Gasteiger partial charge < -0.3 is 5.32 Å². The van der Waals surface area contributed by atoms with Crippen LogP contribution in [-0.4, -0.2) is 33.2 Å². The number of aliphatic imine (C=N–C) groups is 1. The number of benzene rings is 2. The Bertz CT molecular complexity index is 940. The average molecular weight is 408 g/mol. The standard InChI is InChI=1S/C23H25N3O2S/c1-15-8-6-7-11-19(15)25-21(27)14-20-22(28)26(16(2)17-12-13-17)23(29-20)24-18-9-4-3-5-10-18/h3-11,16-17,20H,12-14H2,1-2H3,(H,25,27)/t16-,20-/m1/s1. The largest absolute Gasteiger partial charge is 0.326 e. The van der Waals surface area contributed by atoms with Crippen molar-refractivity contribution in [1.29, 1.82) is 0 Å². The van der Waals surface area contributed by atoms with Gasteiger partial charge in [0.25, 0.3) is 0 Å². The molecule has 5 nitrogen and oxygen atoms in total. The Labute approximate surface area is 175 Å². The molecule has 2 fully saturated rings. The maximum atomic E-state index is 13.2. The van der Waals surface area contributed by atoms with Crippen LogP contribution in [0.5, 0.6) is 0 Å². The predicted octanol–water partition coefficient (Wildman–Crippen LogP) is 4.75. The topological polar surface area (TPSA) is 61.8 Å². The van der Waals surface area contributed by atoms with Crippen LogP contribution in [0.25, 0.3) is 0 Å². The van der Waals surface area contributed by atoms with Gasteiger partial charge in [-0.05, 0) is 56.4 Å². The van der Waals surface area contributed by atoms with E-state index in [1.54, 1.807) is 0 Å². The van der Waals surface area contributed by atoms with E-state index in [2.05, 4.69) is 12.2 Å². The highest BCUT2D eigenvalue weighted by Crippen LogP contribution is 2.41. The van der Waals surface area contributed by atoms with Gasteiger partial charge in [0.15, 0.2) is 5.17 Å².